The van der Waals surface area contributed by atoms with E-state index in [0.717, 1.165) is 12.8 Å². The molecule has 0 unspecified atom stereocenters. The van der Waals surface area contributed by atoms with Gasteiger partial charge in [0.1, 0.15) is 5.75 Å². The van der Waals surface area contributed by atoms with E-state index in [9.17, 15) is 9.59 Å². The van der Waals surface area contributed by atoms with Crippen LogP contribution in [0.25, 0.3) is 0 Å². The van der Waals surface area contributed by atoms with E-state index >= 15 is 0 Å². The number of hydrogen-bond donors (Lipinski definition) is 1. The number of rotatable bonds is 5. The average molecular weight is 296 g/mol. The zero-order valence-corrected chi connectivity index (χ0v) is 12.2. The van der Waals surface area contributed by atoms with Crippen LogP contribution in [0.4, 0.5) is 0 Å². The van der Waals surface area contributed by atoms with Gasteiger partial charge in [0, 0.05) is 11.6 Å². The molecule has 0 saturated heterocycles. The molecule has 108 valence electrons. The van der Waals surface area contributed by atoms with E-state index in [1.54, 1.807) is 18.2 Å². The van der Waals surface area contributed by atoms with Gasteiger partial charge in [0.25, 0.3) is 5.91 Å². The lowest BCUT2D eigenvalue weighted by Gasteiger charge is -2.13. The van der Waals surface area contributed by atoms with E-state index in [4.69, 9.17) is 16.3 Å². The molecule has 1 fully saturated rings. The van der Waals surface area contributed by atoms with Gasteiger partial charge in [-0.1, -0.05) is 24.4 Å². The highest BCUT2D eigenvalue weighted by Gasteiger charge is 2.17. The zero-order valence-electron chi connectivity index (χ0n) is 11.4. The first-order chi connectivity index (χ1) is 9.56. The lowest BCUT2D eigenvalue weighted by molar-refractivity contribution is -0.123. The summed E-state index contributed by atoms with van der Waals surface area (Å²) < 4.78 is 5.39. The Bertz CT molecular complexity index is 510. The lowest BCUT2D eigenvalue weighted by Crippen LogP contribution is -2.36. The average Bonchev–Trinajstić information content (AvgIpc) is 2.90. The van der Waals surface area contributed by atoms with Crippen LogP contribution in [-0.4, -0.2) is 24.3 Å². The smallest absolute Gasteiger partial charge is 0.258 e. The van der Waals surface area contributed by atoms with E-state index in [1.807, 2.05) is 0 Å². The molecule has 1 saturated carbocycles. The molecular formula is C15H18ClNO3. The van der Waals surface area contributed by atoms with Crippen LogP contribution in [0.3, 0.4) is 0 Å². The Balaban J connectivity index is 1.86. The minimum absolute atomic E-state index is 0.0579. The molecule has 1 aromatic rings. The topological polar surface area (TPSA) is 55.4 Å². The molecule has 1 aliphatic rings. The van der Waals surface area contributed by atoms with E-state index in [2.05, 4.69) is 5.32 Å². The number of nitrogens with one attached hydrogen (secondary N) is 1. The fourth-order valence-electron chi connectivity index (χ4n) is 2.32. The summed E-state index contributed by atoms with van der Waals surface area (Å²) in [5.74, 6) is 0.222. The molecular weight excluding hydrogens is 278 g/mol. The second-order valence-electron chi connectivity index (χ2n) is 5.04. The van der Waals surface area contributed by atoms with Gasteiger partial charge in [0.15, 0.2) is 12.4 Å². The summed E-state index contributed by atoms with van der Waals surface area (Å²) in [4.78, 5) is 22.9. The fourth-order valence-corrected chi connectivity index (χ4v) is 2.55. The number of ketones is 1. The molecule has 0 radical (unpaired) electrons. The predicted octanol–water partition coefficient (Wildman–Crippen LogP) is 2.98. The quantitative estimate of drug-likeness (QED) is 0.850. The zero-order chi connectivity index (χ0) is 14.5. The van der Waals surface area contributed by atoms with Crippen LogP contribution < -0.4 is 10.1 Å². The molecule has 1 N–H and O–H groups in total. The minimum atomic E-state index is -0.136. The molecule has 0 bridgehead atoms. The first kappa shape index (κ1) is 14.9. The van der Waals surface area contributed by atoms with E-state index in [0.29, 0.717) is 16.3 Å². The molecule has 0 aliphatic heterocycles. The summed E-state index contributed by atoms with van der Waals surface area (Å²) in [6, 6.07) is 5.08. The maximum Gasteiger partial charge on any atom is 0.258 e. The minimum Gasteiger partial charge on any atom is -0.482 e. The summed E-state index contributed by atoms with van der Waals surface area (Å²) >= 11 is 6.02. The number of carbonyl (C=O) groups excluding carboxylic acids is 2. The molecule has 20 heavy (non-hydrogen) atoms. The van der Waals surface area contributed by atoms with Gasteiger partial charge in [0.2, 0.25) is 0 Å². The third-order valence-electron chi connectivity index (χ3n) is 3.42. The summed E-state index contributed by atoms with van der Waals surface area (Å²) in [5.41, 5.74) is 0.526. The lowest BCUT2D eigenvalue weighted by atomic mass is 10.1. The molecule has 1 aliphatic carbocycles. The van der Waals surface area contributed by atoms with Gasteiger partial charge in [-0.15, -0.1) is 0 Å². The second kappa shape index (κ2) is 6.75. The Morgan fingerprint density at radius 1 is 1.35 bits per heavy atom. The van der Waals surface area contributed by atoms with Crippen LogP contribution in [0.5, 0.6) is 5.75 Å². The third kappa shape index (κ3) is 3.97. The van der Waals surface area contributed by atoms with Gasteiger partial charge in [0.05, 0.1) is 5.02 Å². The van der Waals surface area contributed by atoms with Crippen LogP contribution in [0.15, 0.2) is 18.2 Å². The molecule has 2 rings (SSSR count). The largest absolute Gasteiger partial charge is 0.482 e. The number of benzene rings is 1. The molecule has 1 amide bonds. The van der Waals surface area contributed by atoms with Gasteiger partial charge < -0.3 is 10.1 Å². The van der Waals surface area contributed by atoms with Crippen molar-refractivity contribution in [2.75, 3.05) is 6.61 Å². The van der Waals surface area contributed by atoms with E-state index in [1.165, 1.54) is 19.8 Å². The van der Waals surface area contributed by atoms with Gasteiger partial charge in [-0.2, -0.15) is 0 Å². The maximum atomic E-state index is 11.7. The molecule has 0 atom stereocenters. The Kier molecular flexibility index (Phi) is 5.01. The monoisotopic (exact) mass is 295 g/mol. The standard InChI is InChI=1S/C15H18ClNO3/c1-10(18)11-6-7-14(13(16)8-11)20-9-15(19)17-12-4-2-3-5-12/h6-8,12H,2-5,9H2,1H3,(H,17,19). The summed E-state index contributed by atoms with van der Waals surface area (Å²) in [6.07, 6.45) is 4.42. The highest BCUT2D eigenvalue weighted by Crippen LogP contribution is 2.25. The molecule has 1 aromatic carbocycles. The molecule has 5 heteroatoms. The Hall–Kier alpha value is -1.55. The fraction of sp³-hybridized carbons (Fsp3) is 0.467. The maximum absolute atomic E-state index is 11.7. The SMILES string of the molecule is CC(=O)c1ccc(OCC(=O)NC2CCCC2)c(Cl)c1. The van der Waals surface area contributed by atoms with Crippen molar-refractivity contribution < 1.29 is 14.3 Å². The first-order valence-electron chi connectivity index (χ1n) is 6.79. The van der Waals surface area contributed by atoms with Crippen LogP contribution in [-0.2, 0) is 4.79 Å². The van der Waals surface area contributed by atoms with Crippen molar-refractivity contribution in [3.63, 3.8) is 0 Å². The van der Waals surface area contributed by atoms with Crippen LogP contribution in [0.2, 0.25) is 5.02 Å². The highest BCUT2D eigenvalue weighted by molar-refractivity contribution is 6.32. The normalized spacial score (nSPS) is 15.1. The van der Waals surface area contributed by atoms with Crippen molar-refractivity contribution in [2.45, 2.75) is 38.6 Å². The van der Waals surface area contributed by atoms with Gasteiger partial charge in [-0.05, 0) is 38.0 Å². The van der Waals surface area contributed by atoms with Gasteiger partial charge >= 0.3 is 0 Å². The predicted molar refractivity (Wildman–Crippen MR) is 77.4 cm³/mol. The second-order valence-corrected chi connectivity index (χ2v) is 5.45. The number of hydrogen-bond acceptors (Lipinski definition) is 3. The molecule has 0 heterocycles. The Labute approximate surface area is 123 Å². The van der Waals surface area contributed by atoms with Crippen molar-refractivity contribution in [1.29, 1.82) is 0 Å². The van der Waals surface area contributed by atoms with Gasteiger partial charge in [-0.3, -0.25) is 9.59 Å². The van der Waals surface area contributed by atoms with Crippen molar-refractivity contribution in [2.24, 2.45) is 0 Å². The van der Waals surface area contributed by atoms with E-state index < -0.39 is 0 Å². The summed E-state index contributed by atoms with van der Waals surface area (Å²) in [6.45, 7) is 1.41. The molecule has 4 nitrogen and oxygen atoms in total. The number of Topliss-reactive ketones (excluding diaryl/α,β-unsaturated/α-hetero) is 1. The van der Waals surface area contributed by atoms with Crippen molar-refractivity contribution in [1.82, 2.24) is 5.32 Å². The Morgan fingerprint density at radius 2 is 2.05 bits per heavy atom. The number of halogens is 1. The van der Waals surface area contributed by atoms with Crippen LogP contribution in [0, 0.1) is 0 Å². The summed E-state index contributed by atoms with van der Waals surface area (Å²) in [7, 11) is 0. The van der Waals surface area contributed by atoms with Gasteiger partial charge in [-0.25, -0.2) is 0 Å². The third-order valence-corrected chi connectivity index (χ3v) is 3.71. The van der Waals surface area contributed by atoms with Crippen molar-refractivity contribution >= 4 is 23.3 Å². The first-order valence-corrected chi connectivity index (χ1v) is 7.16. The molecule has 0 aromatic heterocycles. The molecule has 0 spiro atoms. The van der Waals surface area contributed by atoms with Crippen LogP contribution >= 0.6 is 11.6 Å². The number of amides is 1. The van der Waals surface area contributed by atoms with E-state index in [-0.39, 0.29) is 24.3 Å². The van der Waals surface area contributed by atoms with Crippen molar-refractivity contribution in [3.05, 3.63) is 28.8 Å². The number of carbonyl (C=O) groups is 2. The van der Waals surface area contributed by atoms with Crippen molar-refractivity contribution in [3.8, 4) is 5.75 Å². The highest BCUT2D eigenvalue weighted by atomic mass is 35.5. The Morgan fingerprint density at radius 3 is 2.65 bits per heavy atom. The summed E-state index contributed by atoms with van der Waals surface area (Å²) in [5, 5.41) is 3.28. The van der Waals surface area contributed by atoms with Crippen LogP contribution in [0.1, 0.15) is 43.0 Å². The number of ether oxygens (including phenoxy) is 1.